The van der Waals surface area contributed by atoms with E-state index < -0.39 is 0 Å². The Morgan fingerprint density at radius 1 is 1.04 bits per heavy atom. The number of hydrogen-bond acceptors (Lipinski definition) is 4. The molecule has 1 saturated heterocycles. The van der Waals surface area contributed by atoms with E-state index in [2.05, 4.69) is 39.2 Å². The fraction of sp³-hybridized carbons (Fsp3) is 0.333. The van der Waals surface area contributed by atoms with Crippen molar-refractivity contribution in [3.63, 3.8) is 0 Å². The van der Waals surface area contributed by atoms with Crippen molar-refractivity contribution >= 4 is 16.7 Å². The Morgan fingerprint density at radius 3 is 2.77 bits per heavy atom. The van der Waals surface area contributed by atoms with Gasteiger partial charge in [-0.2, -0.15) is 0 Å². The molecular formula is C21H22N4O. The molecule has 2 aromatic heterocycles. The van der Waals surface area contributed by atoms with Crippen LogP contribution in [0.5, 0.6) is 0 Å². The van der Waals surface area contributed by atoms with Crippen molar-refractivity contribution in [2.24, 2.45) is 5.92 Å². The molecule has 0 spiro atoms. The Hall–Kier alpha value is -2.82. The monoisotopic (exact) mass is 346 g/mol. The number of likely N-dealkylation sites (tertiary alicyclic amines) is 1. The van der Waals surface area contributed by atoms with Gasteiger partial charge in [0.05, 0.1) is 0 Å². The third-order valence-corrected chi connectivity index (χ3v) is 5.15. The number of hydrogen-bond donors (Lipinski definition) is 0. The molecule has 5 heteroatoms. The summed E-state index contributed by atoms with van der Waals surface area (Å²) in [5, 5.41) is 2.48. The van der Waals surface area contributed by atoms with Crippen LogP contribution in [-0.4, -0.2) is 38.8 Å². The van der Waals surface area contributed by atoms with Gasteiger partial charge in [-0.25, -0.2) is 9.97 Å². The summed E-state index contributed by atoms with van der Waals surface area (Å²) in [6, 6.07) is 10.1. The fourth-order valence-electron chi connectivity index (χ4n) is 3.78. The van der Waals surface area contributed by atoms with Crippen LogP contribution in [0.3, 0.4) is 0 Å². The summed E-state index contributed by atoms with van der Waals surface area (Å²) in [7, 11) is 0. The molecule has 3 aromatic rings. The Balaban J connectivity index is 1.45. The third kappa shape index (κ3) is 3.57. The largest absolute Gasteiger partial charge is 0.336 e. The van der Waals surface area contributed by atoms with E-state index in [0.717, 1.165) is 38.8 Å². The Morgan fingerprint density at radius 2 is 1.88 bits per heavy atom. The van der Waals surface area contributed by atoms with Crippen molar-refractivity contribution in [3.8, 4) is 0 Å². The number of carbonyl (C=O) groups excluding carboxylic acids is 1. The van der Waals surface area contributed by atoms with Gasteiger partial charge in [0.15, 0.2) is 0 Å². The average Bonchev–Trinajstić information content (AvgIpc) is 2.94. The molecule has 4 rings (SSSR count). The molecule has 1 amide bonds. The van der Waals surface area contributed by atoms with Crippen molar-refractivity contribution in [3.05, 3.63) is 66.5 Å². The van der Waals surface area contributed by atoms with Crippen molar-refractivity contribution in [1.29, 1.82) is 0 Å². The van der Waals surface area contributed by atoms with Crippen LogP contribution in [0.2, 0.25) is 0 Å². The zero-order valence-corrected chi connectivity index (χ0v) is 14.7. The molecule has 1 atom stereocenters. The zero-order valence-electron chi connectivity index (χ0n) is 14.7. The number of amides is 1. The van der Waals surface area contributed by atoms with Crippen LogP contribution in [0.4, 0.5) is 0 Å². The van der Waals surface area contributed by atoms with Gasteiger partial charge >= 0.3 is 0 Å². The fourth-order valence-corrected chi connectivity index (χ4v) is 3.78. The van der Waals surface area contributed by atoms with Crippen LogP contribution in [-0.2, 0) is 6.42 Å². The maximum atomic E-state index is 12.6. The molecule has 0 N–H and O–H groups in total. The summed E-state index contributed by atoms with van der Waals surface area (Å²) in [6.07, 6.45) is 11.3. The van der Waals surface area contributed by atoms with Gasteiger partial charge in [0.2, 0.25) is 5.82 Å². The molecule has 1 aliphatic rings. The Labute approximate surface area is 153 Å². The lowest BCUT2D eigenvalue weighted by atomic mass is 9.91. The lowest BCUT2D eigenvalue weighted by molar-refractivity contribution is 0.0747. The van der Waals surface area contributed by atoms with Crippen LogP contribution < -0.4 is 0 Å². The molecule has 26 heavy (non-hydrogen) atoms. The molecule has 0 unspecified atom stereocenters. The maximum absolute atomic E-state index is 12.6. The molecule has 0 bridgehead atoms. The SMILES string of the molecule is O=C(c1ncccn1)N1CCC[C@@H](Cc2cncc3ccccc23)CC1. The second kappa shape index (κ2) is 7.60. The first-order chi connectivity index (χ1) is 12.8. The van der Waals surface area contributed by atoms with Gasteiger partial charge in [-0.1, -0.05) is 24.3 Å². The van der Waals surface area contributed by atoms with Crippen LogP contribution in [0.15, 0.2) is 55.1 Å². The van der Waals surface area contributed by atoms with Gasteiger partial charge < -0.3 is 4.90 Å². The van der Waals surface area contributed by atoms with Gasteiger partial charge in [0.25, 0.3) is 5.91 Å². The molecule has 0 aliphatic carbocycles. The topological polar surface area (TPSA) is 59.0 Å². The third-order valence-electron chi connectivity index (χ3n) is 5.15. The quantitative estimate of drug-likeness (QED) is 0.728. The van der Waals surface area contributed by atoms with E-state index in [1.807, 2.05) is 17.3 Å². The van der Waals surface area contributed by atoms with Crippen LogP contribution in [0.1, 0.15) is 35.4 Å². The smallest absolute Gasteiger partial charge is 0.291 e. The Kier molecular flexibility index (Phi) is 4.86. The molecule has 1 aromatic carbocycles. The highest BCUT2D eigenvalue weighted by Gasteiger charge is 2.23. The average molecular weight is 346 g/mol. The first kappa shape index (κ1) is 16.6. The van der Waals surface area contributed by atoms with Crippen molar-refractivity contribution in [1.82, 2.24) is 19.9 Å². The summed E-state index contributed by atoms with van der Waals surface area (Å²) in [6.45, 7) is 1.54. The number of benzene rings is 1. The minimum atomic E-state index is -0.0573. The summed E-state index contributed by atoms with van der Waals surface area (Å²) in [5.41, 5.74) is 1.30. The van der Waals surface area contributed by atoms with Gasteiger partial charge in [-0.3, -0.25) is 9.78 Å². The lowest BCUT2D eigenvalue weighted by Gasteiger charge is -2.19. The number of aromatic nitrogens is 3. The van der Waals surface area contributed by atoms with Gasteiger partial charge in [0, 0.05) is 43.3 Å². The highest BCUT2D eigenvalue weighted by Crippen LogP contribution is 2.26. The second-order valence-electron chi connectivity index (χ2n) is 6.89. The summed E-state index contributed by atoms with van der Waals surface area (Å²) < 4.78 is 0. The summed E-state index contributed by atoms with van der Waals surface area (Å²) in [5.74, 6) is 0.805. The van der Waals surface area contributed by atoms with Crippen molar-refractivity contribution in [2.75, 3.05) is 13.1 Å². The molecule has 1 aliphatic heterocycles. The van der Waals surface area contributed by atoms with E-state index in [4.69, 9.17) is 0 Å². The number of carbonyl (C=O) groups is 1. The number of nitrogens with zero attached hydrogens (tertiary/aromatic N) is 4. The van der Waals surface area contributed by atoms with E-state index in [9.17, 15) is 4.79 Å². The minimum absolute atomic E-state index is 0.0573. The molecule has 0 saturated carbocycles. The van der Waals surface area contributed by atoms with Gasteiger partial charge in [-0.15, -0.1) is 0 Å². The molecule has 132 valence electrons. The summed E-state index contributed by atoms with van der Waals surface area (Å²) >= 11 is 0. The van der Waals surface area contributed by atoms with E-state index in [1.54, 1.807) is 18.5 Å². The highest BCUT2D eigenvalue weighted by molar-refractivity contribution is 5.90. The van der Waals surface area contributed by atoms with Crippen molar-refractivity contribution in [2.45, 2.75) is 25.7 Å². The first-order valence-corrected chi connectivity index (χ1v) is 9.19. The predicted molar refractivity (Wildman–Crippen MR) is 101 cm³/mol. The Bertz CT molecular complexity index is 891. The van der Waals surface area contributed by atoms with Crippen LogP contribution >= 0.6 is 0 Å². The van der Waals surface area contributed by atoms with E-state index >= 15 is 0 Å². The molecule has 1 fully saturated rings. The maximum Gasteiger partial charge on any atom is 0.291 e. The number of pyridine rings is 1. The molecule has 0 radical (unpaired) electrons. The van der Waals surface area contributed by atoms with E-state index in [1.165, 1.54) is 16.3 Å². The second-order valence-corrected chi connectivity index (χ2v) is 6.89. The molecular weight excluding hydrogens is 324 g/mol. The van der Waals surface area contributed by atoms with Crippen molar-refractivity contribution < 1.29 is 4.79 Å². The van der Waals surface area contributed by atoms with Gasteiger partial charge in [0.1, 0.15) is 0 Å². The molecule has 5 nitrogen and oxygen atoms in total. The van der Waals surface area contributed by atoms with Crippen LogP contribution in [0, 0.1) is 5.92 Å². The van der Waals surface area contributed by atoms with E-state index in [0.29, 0.717) is 11.7 Å². The zero-order chi connectivity index (χ0) is 17.8. The number of rotatable bonds is 3. The normalized spacial score (nSPS) is 17.8. The van der Waals surface area contributed by atoms with E-state index in [-0.39, 0.29) is 5.91 Å². The minimum Gasteiger partial charge on any atom is -0.336 e. The highest BCUT2D eigenvalue weighted by atomic mass is 16.2. The van der Waals surface area contributed by atoms with Crippen LogP contribution in [0.25, 0.3) is 10.8 Å². The number of fused-ring (bicyclic) bond motifs is 1. The molecule has 3 heterocycles. The van der Waals surface area contributed by atoms with Gasteiger partial charge in [-0.05, 0) is 48.6 Å². The standard InChI is InChI=1S/C21H22N4O/c26-21(20-23-9-4-10-24-20)25-11-3-5-16(8-12-25)13-18-15-22-14-17-6-1-2-7-19(17)18/h1-2,4,6-7,9-10,14-16H,3,5,8,11-13H2/t16-/m1/s1. The first-order valence-electron chi connectivity index (χ1n) is 9.19. The lowest BCUT2D eigenvalue weighted by Crippen LogP contribution is -2.33. The predicted octanol–water partition coefficient (Wildman–Crippen LogP) is 3.51. The summed E-state index contributed by atoms with van der Waals surface area (Å²) in [4.78, 5) is 27.1.